The first-order valence-electron chi connectivity index (χ1n) is 7.48. The fourth-order valence-corrected chi connectivity index (χ4v) is 2.44. The minimum absolute atomic E-state index is 0.171. The van der Waals surface area contributed by atoms with Crippen LogP contribution in [0.2, 0.25) is 0 Å². The molecule has 120 valence electrons. The van der Waals surface area contributed by atoms with Crippen LogP contribution in [-0.4, -0.2) is 38.2 Å². The van der Waals surface area contributed by atoms with Gasteiger partial charge < -0.3 is 15.0 Å². The van der Waals surface area contributed by atoms with E-state index in [-0.39, 0.29) is 11.2 Å². The largest absolute Gasteiger partial charge is 0.494 e. The van der Waals surface area contributed by atoms with Crippen LogP contribution >= 0.6 is 0 Å². The van der Waals surface area contributed by atoms with Crippen LogP contribution in [-0.2, 0) is 6.54 Å². The molecule has 0 bridgehead atoms. The Morgan fingerprint density at radius 1 is 1.33 bits per heavy atom. The second kappa shape index (κ2) is 7.76. The summed E-state index contributed by atoms with van der Waals surface area (Å²) in [5.74, 6) is -0.00741. The number of benzene rings is 1. The number of hydrogen-bond donors (Lipinski definition) is 1. The smallest absolute Gasteiger partial charge is 0.165 e. The molecule has 0 unspecified atom stereocenters. The van der Waals surface area contributed by atoms with Crippen LogP contribution in [0.3, 0.4) is 0 Å². The molecule has 1 N–H and O–H groups in total. The molecule has 1 aromatic rings. The number of rotatable bonds is 8. The lowest BCUT2D eigenvalue weighted by Gasteiger charge is -2.31. The summed E-state index contributed by atoms with van der Waals surface area (Å²) in [7, 11) is 3.55. The van der Waals surface area contributed by atoms with E-state index in [4.69, 9.17) is 4.74 Å². The van der Waals surface area contributed by atoms with Gasteiger partial charge >= 0.3 is 0 Å². The van der Waals surface area contributed by atoms with Crippen LogP contribution in [0.4, 0.5) is 4.39 Å². The van der Waals surface area contributed by atoms with E-state index in [0.717, 1.165) is 25.2 Å². The fourth-order valence-electron chi connectivity index (χ4n) is 2.44. The number of nitrogens with zero attached hydrogens (tertiary/aromatic N) is 1. The summed E-state index contributed by atoms with van der Waals surface area (Å²) < 4.78 is 18.6. The normalized spacial score (nSPS) is 12.2. The summed E-state index contributed by atoms with van der Waals surface area (Å²) in [6.45, 7) is 11.4. The van der Waals surface area contributed by atoms with Crippen molar-refractivity contribution < 1.29 is 9.13 Å². The molecule has 0 amide bonds. The van der Waals surface area contributed by atoms with Gasteiger partial charge in [0.1, 0.15) is 0 Å². The van der Waals surface area contributed by atoms with Crippen molar-refractivity contribution >= 4 is 0 Å². The van der Waals surface area contributed by atoms with Crippen molar-refractivity contribution in [3.63, 3.8) is 0 Å². The second-order valence-electron chi connectivity index (χ2n) is 6.84. The van der Waals surface area contributed by atoms with Gasteiger partial charge in [0, 0.05) is 25.7 Å². The summed E-state index contributed by atoms with van der Waals surface area (Å²) in [4.78, 5) is 2.23. The van der Waals surface area contributed by atoms with Crippen molar-refractivity contribution in [3.05, 3.63) is 29.6 Å². The maximum Gasteiger partial charge on any atom is 0.165 e. The van der Waals surface area contributed by atoms with Gasteiger partial charge in [0.25, 0.3) is 0 Å². The molecule has 21 heavy (non-hydrogen) atoms. The third-order valence-corrected chi connectivity index (χ3v) is 3.36. The molecule has 1 rings (SSSR count). The van der Waals surface area contributed by atoms with Gasteiger partial charge in [-0.3, -0.25) is 0 Å². The molecule has 4 heteroatoms. The van der Waals surface area contributed by atoms with E-state index in [9.17, 15) is 4.39 Å². The standard InChI is InChI=1S/C17H29FN2O/c1-13(2)19-11-17(3,4)12-20(5)10-14-7-8-16(21-6)15(18)9-14/h7-9,13,19H,10-12H2,1-6H3. The lowest BCUT2D eigenvalue weighted by Crippen LogP contribution is -2.40. The number of hydrogen-bond acceptors (Lipinski definition) is 3. The van der Waals surface area contributed by atoms with E-state index >= 15 is 0 Å². The molecule has 0 aliphatic carbocycles. The number of ether oxygens (including phenoxy) is 1. The molecular formula is C17H29FN2O. The molecule has 0 aliphatic rings. The van der Waals surface area contributed by atoms with Crippen molar-refractivity contribution in [1.82, 2.24) is 10.2 Å². The molecule has 0 saturated heterocycles. The molecule has 0 aliphatic heterocycles. The highest BCUT2D eigenvalue weighted by atomic mass is 19.1. The highest BCUT2D eigenvalue weighted by Crippen LogP contribution is 2.20. The van der Waals surface area contributed by atoms with Crippen molar-refractivity contribution in [3.8, 4) is 5.75 Å². The van der Waals surface area contributed by atoms with Crippen molar-refractivity contribution in [2.75, 3.05) is 27.2 Å². The van der Waals surface area contributed by atoms with Gasteiger partial charge in [-0.15, -0.1) is 0 Å². The first kappa shape index (κ1) is 17.9. The van der Waals surface area contributed by atoms with E-state index in [2.05, 4.69) is 45.0 Å². The van der Waals surface area contributed by atoms with E-state index in [1.807, 2.05) is 6.07 Å². The molecule has 0 fully saturated rings. The molecule has 0 atom stereocenters. The zero-order valence-electron chi connectivity index (χ0n) is 14.2. The van der Waals surface area contributed by atoms with E-state index in [1.54, 1.807) is 12.1 Å². The van der Waals surface area contributed by atoms with Crippen LogP contribution in [0, 0.1) is 11.2 Å². The summed E-state index contributed by atoms with van der Waals surface area (Å²) >= 11 is 0. The van der Waals surface area contributed by atoms with Crippen molar-refractivity contribution in [2.24, 2.45) is 5.41 Å². The monoisotopic (exact) mass is 296 g/mol. The molecule has 0 heterocycles. The zero-order chi connectivity index (χ0) is 16.0. The Morgan fingerprint density at radius 3 is 2.52 bits per heavy atom. The number of halogens is 1. The van der Waals surface area contributed by atoms with Crippen LogP contribution in [0.1, 0.15) is 33.3 Å². The lowest BCUT2D eigenvalue weighted by molar-refractivity contribution is 0.195. The van der Waals surface area contributed by atoms with E-state index < -0.39 is 0 Å². The third kappa shape index (κ3) is 6.44. The fraction of sp³-hybridized carbons (Fsp3) is 0.647. The summed E-state index contributed by atoms with van der Waals surface area (Å²) in [6.07, 6.45) is 0. The molecule has 0 saturated carbocycles. The summed E-state index contributed by atoms with van der Waals surface area (Å²) in [6, 6.07) is 5.64. The maximum absolute atomic E-state index is 13.7. The highest BCUT2D eigenvalue weighted by molar-refractivity contribution is 5.29. The number of methoxy groups -OCH3 is 1. The Bertz CT molecular complexity index is 446. The van der Waals surface area contributed by atoms with Crippen LogP contribution < -0.4 is 10.1 Å². The van der Waals surface area contributed by atoms with Gasteiger partial charge in [0.2, 0.25) is 0 Å². The third-order valence-electron chi connectivity index (χ3n) is 3.36. The lowest BCUT2D eigenvalue weighted by atomic mass is 9.92. The molecular weight excluding hydrogens is 267 g/mol. The Balaban J connectivity index is 2.56. The van der Waals surface area contributed by atoms with Crippen LogP contribution in [0.25, 0.3) is 0 Å². The van der Waals surface area contributed by atoms with Gasteiger partial charge in [-0.05, 0) is 30.2 Å². The van der Waals surface area contributed by atoms with Gasteiger partial charge in [0.15, 0.2) is 11.6 Å². The van der Waals surface area contributed by atoms with Crippen LogP contribution in [0.5, 0.6) is 5.75 Å². The first-order valence-corrected chi connectivity index (χ1v) is 7.48. The van der Waals surface area contributed by atoms with E-state index in [1.165, 1.54) is 7.11 Å². The molecule has 0 radical (unpaired) electrons. The minimum atomic E-state index is -0.302. The summed E-state index contributed by atoms with van der Waals surface area (Å²) in [5, 5.41) is 3.48. The SMILES string of the molecule is COc1ccc(CN(C)CC(C)(C)CNC(C)C)cc1F. The molecule has 0 spiro atoms. The Kier molecular flexibility index (Phi) is 6.62. The average Bonchev–Trinajstić information content (AvgIpc) is 2.36. The summed E-state index contributed by atoms with van der Waals surface area (Å²) in [5.41, 5.74) is 1.13. The predicted octanol–water partition coefficient (Wildman–Crippen LogP) is 3.29. The average molecular weight is 296 g/mol. The molecule has 0 aromatic heterocycles. The first-order chi connectivity index (χ1) is 9.73. The van der Waals surface area contributed by atoms with Gasteiger partial charge in [-0.1, -0.05) is 33.8 Å². The Labute approximate surface area is 128 Å². The molecule has 3 nitrogen and oxygen atoms in total. The van der Waals surface area contributed by atoms with Gasteiger partial charge in [-0.25, -0.2) is 4.39 Å². The number of nitrogens with one attached hydrogen (secondary N) is 1. The Hall–Kier alpha value is -1.13. The van der Waals surface area contributed by atoms with Gasteiger partial charge in [0.05, 0.1) is 7.11 Å². The van der Waals surface area contributed by atoms with Crippen molar-refractivity contribution in [2.45, 2.75) is 40.3 Å². The van der Waals surface area contributed by atoms with Crippen molar-refractivity contribution in [1.29, 1.82) is 0 Å². The quantitative estimate of drug-likeness (QED) is 0.796. The second-order valence-corrected chi connectivity index (χ2v) is 6.84. The highest BCUT2D eigenvalue weighted by Gasteiger charge is 2.20. The Morgan fingerprint density at radius 2 is 2.00 bits per heavy atom. The maximum atomic E-state index is 13.7. The zero-order valence-corrected chi connectivity index (χ0v) is 14.2. The van der Waals surface area contributed by atoms with Crippen LogP contribution in [0.15, 0.2) is 18.2 Å². The predicted molar refractivity (Wildman–Crippen MR) is 86.2 cm³/mol. The van der Waals surface area contributed by atoms with E-state index in [0.29, 0.717) is 11.8 Å². The topological polar surface area (TPSA) is 24.5 Å². The minimum Gasteiger partial charge on any atom is -0.494 e. The molecule has 1 aromatic carbocycles. The van der Waals surface area contributed by atoms with Gasteiger partial charge in [-0.2, -0.15) is 0 Å².